The maximum Gasteiger partial charge on any atom is 0.207 e. The number of benzene rings is 4. The first-order valence-electron chi connectivity index (χ1n) is 16.5. The molecule has 1 aromatic heterocycles. The van der Waals surface area contributed by atoms with Crippen LogP contribution in [0.25, 0.3) is 22.0 Å². The van der Waals surface area contributed by atoms with Crippen molar-refractivity contribution in [3.05, 3.63) is 132 Å². The third kappa shape index (κ3) is 11.4. The van der Waals surface area contributed by atoms with E-state index in [1.807, 2.05) is 72.9 Å². The maximum atomic E-state index is 10.7. The Balaban J connectivity index is 0.000000235. The van der Waals surface area contributed by atoms with Crippen molar-refractivity contribution in [2.24, 2.45) is 5.92 Å². The van der Waals surface area contributed by atoms with E-state index in [0.717, 1.165) is 34.6 Å². The lowest BCUT2D eigenvalue weighted by Crippen LogP contribution is -2.40. The van der Waals surface area contributed by atoms with E-state index in [1.165, 1.54) is 42.4 Å². The number of carbonyl (C=O) groups is 1. The van der Waals surface area contributed by atoms with Crippen LogP contribution in [0.5, 0.6) is 0 Å². The Morgan fingerprint density at radius 3 is 2.04 bits per heavy atom. The number of carbonyl (C=O) groups excluding carboxylic acids is 1. The van der Waals surface area contributed by atoms with Gasteiger partial charge in [0.1, 0.15) is 11.7 Å². The van der Waals surface area contributed by atoms with E-state index in [9.17, 15) is 4.79 Å². The van der Waals surface area contributed by atoms with Crippen LogP contribution in [0.4, 0.5) is 0 Å². The molecule has 2 heterocycles. The molecule has 1 aliphatic rings. The molecule has 1 amide bonds. The Hall–Kier alpha value is -5.01. The van der Waals surface area contributed by atoms with Gasteiger partial charge in [0.25, 0.3) is 0 Å². The lowest BCUT2D eigenvalue weighted by molar-refractivity contribution is -0.109. The van der Waals surface area contributed by atoms with E-state index in [1.54, 1.807) is 4.90 Å². The second-order valence-corrected chi connectivity index (χ2v) is 12.0. The number of piperidine rings is 1. The predicted molar refractivity (Wildman–Crippen MR) is 196 cm³/mol. The summed E-state index contributed by atoms with van der Waals surface area (Å²) in [6, 6.07) is 36.7. The van der Waals surface area contributed by atoms with Gasteiger partial charge in [-0.05, 0) is 79.1 Å². The highest BCUT2D eigenvalue weighted by Gasteiger charge is 2.16. The minimum Gasteiger partial charge on any atom is -0.361 e. The maximum absolute atomic E-state index is 10.7. The zero-order valence-electron chi connectivity index (χ0n) is 27.6. The van der Waals surface area contributed by atoms with E-state index in [0.29, 0.717) is 25.2 Å². The molecule has 5 N–H and O–H groups in total. The smallest absolute Gasteiger partial charge is 0.207 e. The minimum absolute atomic E-state index is 0.0965. The van der Waals surface area contributed by atoms with Gasteiger partial charge < -0.3 is 20.5 Å². The van der Waals surface area contributed by atoms with Crippen LogP contribution in [0.3, 0.4) is 0 Å². The lowest BCUT2D eigenvalue weighted by Gasteiger charge is -2.26. The van der Waals surface area contributed by atoms with Crippen LogP contribution in [0, 0.1) is 23.7 Å². The molecule has 4 aromatic carbocycles. The standard InChI is InChI=1S/C25H26N4O.C9H9N.C6H13N/c26-24(16-13-20-7-3-1-4-8-20)29(25(27)17-28-19-30)18-21-11-14-23(15-12-21)22-9-5-2-6-10-22;1-7-6-10-9-5-3-2-4-8(7)9;1-6-2-4-7-5-3-6/h1-12,14-15,19,26-27H,13,16-18H2,(H,28,30);2-6,10H,1H3;6-7H,2-5H2,1H3. The van der Waals surface area contributed by atoms with Crippen molar-refractivity contribution in [2.45, 2.75) is 46.1 Å². The SMILES string of the molecule is CC1CCNCC1.Cc1c[nH]c2ccccc12.N=C(CCc1ccccc1)N(Cc1ccc(-c2ccccc2)cc1)C(=N)CNC=O. The molecule has 7 heteroatoms. The normalized spacial score (nSPS) is 12.6. The quantitative estimate of drug-likeness (QED) is 0.0649. The van der Waals surface area contributed by atoms with Gasteiger partial charge in [0.2, 0.25) is 6.41 Å². The molecule has 0 atom stereocenters. The summed E-state index contributed by atoms with van der Waals surface area (Å²) in [5.74, 6) is 1.54. The summed E-state index contributed by atoms with van der Waals surface area (Å²) in [6.07, 6.45) is 6.62. The highest BCUT2D eigenvalue weighted by atomic mass is 16.1. The van der Waals surface area contributed by atoms with Crippen LogP contribution in [0.15, 0.2) is 115 Å². The van der Waals surface area contributed by atoms with Crippen molar-refractivity contribution in [3.8, 4) is 11.1 Å². The Kier molecular flexibility index (Phi) is 14.0. The largest absolute Gasteiger partial charge is 0.361 e. The predicted octanol–water partition coefficient (Wildman–Crippen LogP) is 7.97. The third-order valence-corrected chi connectivity index (χ3v) is 8.32. The highest BCUT2D eigenvalue weighted by molar-refractivity contribution is 5.99. The molecule has 0 spiro atoms. The van der Waals surface area contributed by atoms with Gasteiger partial charge in [-0.3, -0.25) is 15.6 Å². The van der Waals surface area contributed by atoms with Crippen molar-refractivity contribution in [2.75, 3.05) is 19.6 Å². The second kappa shape index (κ2) is 18.8. The van der Waals surface area contributed by atoms with Gasteiger partial charge in [-0.25, -0.2) is 0 Å². The number of aromatic amines is 1. The minimum atomic E-state index is 0.0965. The molecule has 0 aliphatic carbocycles. The van der Waals surface area contributed by atoms with Crippen LogP contribution in [-0.2, 0) is 17.8 Å². The molecule has 6 rings (SSSR count). The molecule has 47 heavy (non-hydrogen) atoms. The number of nitrogens with one attached hydrogen (secondary N) is 5. The van der Waals surface area contributed by atoms with Gasteiger partial charge in [-0.2, -0.15) is 0 Å². The van der Waals surface area contributed by atoms with Gasteiger partial charge in [0, 0.05) is 23.5 Å². The number of fused-ring (bicyclic) bond motifs is 1. The van der Waals surface area contributed by atoms with Gasteiger partial charge in [-0.1, -0.05) is 110 Å². The molecule has 244 valence electrons. The number of hydrogen-bond donors (Lipinski definition) is 5. The van der Waals surface area contributed by atoms with Crippen LogP contribution in [0.1, 0.15) is 42.9 Å². The number of para-hydroxylation sites is 1. The van der Waals surface area contributed by atoms with Gasteiger partial charge in [0.05, 0.1) is 13.1 Å². The molecule has 0 bridgehead atoms. The van der Waals surface area contributed by atoms with E-state index < -0.39 is 0 Å². The molecule has 7 nitrogen and oxygen atoms in total. The molecular weight excluding hydrogens is 580 g/mol. The van der Waals surface area contributed by atoms with Crippen LogP contribution in [0.2, 0.25) is 0 Å². The van der Waals surface area contributed by atoms with Crippen molar-refractivity contribution in [3.63, 3.8) is 0 Å². The Morgan fingerprint density at radius 2 is 1.43 bits per heavy atom. The number of amidine groups is 2. The van der Waals surface area contributed by atoms with E-state index in [2.05, 4.69) is 71.9 Å². The number of amides is 1. The summed E-state index contributed by atoms with van der Waals surface area (Å²) in [5, 5.41) is 24.1. The van der Waals surface area contributed by atoms with Gasteiger partial charge in [0.15, 0.2) is 0 Å². The van der Waals surface area contributed by atoms with Crippen molar-refractivity contribution < 1.29 is 4.79 Å². The number of H-pyrrole nitrogens is 1. The first kappa shape index (κ1) is 34.9. The zero-order chi connectivity index (χ0) is 33.3. The number of aromatic nitrogens is 1. The topological polar surface area (TPSA) is 108 Å². The zero-order valence-corrected chi connectivity index (χ0v) is 27.6. The molecular formula is C40H48N6O. The number of rotatable bonds is 9. The summed E-state index contributed by atoms with van der Waals surface area (Å²) in [7, 11) is 0. The van der Waals surface area contributed by atoms with Crippen molar-refractivity contribution in [1.29, 1.82) is 10.8 Å². The first-order valence-corrected chi connectivity index (χ1v) is 16.5. The fraction of sp³-hybridized carbons (Fsp3) is 0.275. The van der Waals surface area contributed by atoms with Crippen LogP contribution < -0.4 is 10.6 Å². The molecule has 0 unspecified atom stereocenters. The number of hydrogen-bond acceptors (Lipinski definition) is 4. The summed E-state index contributed by atoms with van der Waals surface area (Å²) in [6.45, 7) is 7.42. The molecule has 1 fully saturated rings. The van der Waals surface area contributed by atoms with E-state index >= 15 is 0 Å². The van der Waals surface area contributed by atoms with Crippen molar-refractivity contribution in [1.82, 2.24) is 20.5 Å². The van der Waals surface area contributed by atoms with Crippen LogP contribution in [-0.4, -0.2) is 47.6 Å². The highest BCUT2D eigenvalue weighted by Crippen LogP contribution is 2.20. The lowest BCUT2D eigenvalue weighted by atomic mass is 10.0. The molecule has 1 aliphatic heterocycles. The third-order valence-electron chi connectivity index (χ3n) is 8.32. The fourth-order valence-electron chi connectivity index (χ4n) is 5.43. The molecule has 1 saturated heterocycles. The second-order valence-electron chi connectivity index (χ2n) is 12.0. The molecule has 0 radical (unpaired) electrons. The number of nitrogens with zero attached hydrogens (tertiary/aromatic N) is 1. The summed E-state index contributed by atoms with van der Waals surface area (Å²) in [4.78, 5) is 15.5. The summed E-state index contributed by atoms with van der Waals surface area (Å²) < 4.78 is 0. The van der Waals surface area contributed by atoms with Crippen LogP contribution >= 0.6 is 0 Å². The molecule has 0 saturated carbocycles. The molecule has 5 aromatic rings. The average molecular weight is 629 g/mol. The van der Waals surface area contributed by atoms with Crippen molar-refractivity contribution >= 4 is 29.0 Å². The van der Waals surface area contributed by atoms with Gasteiger partial charge in [-0.15, -0.1) is 0 Å². The monoisotopic (exact) mass is 628 g/mol. The first-order chi connectivity index (χ1) is 22.9. The van der Waals surface area contributed by atoms with E-state index in [4.69, 9.17) is 10.8 Å². The van der Waals surface area contributed by atoms with Gasteiger partial charge >= 0.3 is 0 Å². The average Bonchev–Trinajstić information content (AvgIpc) is 3.51. The summed E-state index contributed by atoms with van der Waals surface area (Å²) >= 11 is 0. The Labute approximate surface area is 279 Å². The Bertz CT molecular complexity index is 1660. The Morgan fingerprint density at radius 1 is 0.809 bits per heavy atom. The number of aryl methyl sites for hydroxylation is 2. The van der Waals surface area contributed by atoms with E-state index in [-0.39, 0.29) is 12.4 Å². The summed E-state index contributed by atoms with van der Waals surface area (Å²) in [5.41, 5.74) is 6.99. The fourth-order valence-corrected chi connectivity index (χ4v) is 5.43.